The Kier molecular flexibility index (Phi) is 5.95. The Balaban J connectivity index is 1.54. The number of nitrogens with zero attached hydrogens (tertiary/aromatic N) is 1. The van der Waals surface area contributed by atoms with E-state index in [9.17, 15) is 13.2 Å². The molecule has 0 spiro atoms. The van der Waals surface area contributed by atoms with E-state index in [-0.39, 0.29) is 23.5 Å². The summed E-state index contributed by atoms with van der Waals surface area (Å²) in [5.74, 6) is 0.885. The molecule has 2 heterocycles. The van der Waals surface area contributed by atoms with Crippen LogP contribution in [0.4, 0.5) is 5.69 Å². The van der Waals surface area contributed by atoms with Crippen LogP contribution in [-0.4, -0.2) is 50.5 Å². The van der Waals surface area contributed by atoms with Gasteiger partial charge >= 0.3 is 0 Å². The summed E-state index contributed by atoms with van der Waals surface area (Å²) in [6.07, 6.45) is 4.35. The zero-order chi connectivity index (χ0) is 19.3. The minimum Gasteiger partial charge on any atom is -0.497 e. The number of anilines is 1. The third-order valence-electron chi connectivity index (χ3n) is 4.44. The van der Waals surface area contributed by atoms with Crippen LogP contribution in [0.25, 0.3) is 0 Å². The maximum Gasteiger partial charge on any atom is 0.252 e. The molecule has 1 aromatic carbocycles. The molecule has 27 heavy (non-hydrogen) atoms. The first-order chi connectivity index (χ1) is 12.9. The average molecular weight is 389 g/mol. The van der Waals surface area contributed by atoms with Crippen molar-refractivity contribution in [1.82, 2.24) is 10.3 Å². The fourth-order valence-corrected chi connectivity index (χ4v) is 4.71. The molecular formula is C19H23N3O4S. The highest BCUT2D eigenvalue weighted by atomic mass is 32.2. The van der Waals surface area contributed by atoms with Crippen LogP contribution in [0, 0.1) is 0 Å². The van der Waals surface area contributed by atoms with Gasteiger partial charge in [0.15, 0.2) is 9.84 Å². The second-order valence-electron chi connectivity index (χ2n) is 6.56. The van der Waals surface area contributed by atoms with E-state index in [1.807, 2.05) is 24.3 Å². The molecule has 1 aliphatic rings. The topological polar surface area (TPSA) is 97.4 Å². The van der Waals surface area contributed by atoms with Gasteiger partial charge in [-0.1, -0.05) is 12.1 Å². The highest BCUT2D eigenvalue weighted by molar-refractivity contribution is 7.91. The fourth-order valence-electron chi connectivity index (χ4n) is 3.04. The molecule has 0 bridgehead atoms. The van der Waals surface area contributed by atoms with Crippen molar-refractivity contribution in [2.75, 3.05) is 30.5 Å². The van der Waals surface area contributed by atoms with Gasteiger partial charge in [0, 0.05) is 25.0 Å². The normalized spacial score (nSPS) is 18.0. The second kappa shape index (κ2) is 8.39. The van der Waals surface area contributed by atoms with Gasteiger partial charge in [-0.05, 0) is 36.6 Å². The Hall–Kier alpha value is -2.61. The number of nitrogens with one attached hydrogen (secondary N) is 2. The molecule has 1 atom stereocenters. The summed E-state index contributed by atoms with van der Waals surface area (Å²) < 4.78 is 28.3. The van der Waals surface area contributed by atoms with Crippen LogP contribution in [0.15, 0.2) is 42.7 Å². The number of sulfone groups is 1. The van der Waals surface area contributed by atoms with Crippen molar-refractivity contribution >= 4 is 21.4 Å². The Bertz CT molecular complexity index is 915. The smallest absolute Gasteiger partial charge is 0.252 e. The summed E-state index contributed by atoms with van der Waals surface area (Å²) >= 11 is 0. The van der Waals surface area contributed by atoms with Gasteiger partial charge in [-0.15, -0.1) is 0 Å². The van der Waals surface area contributed by atoms with E-state index >= 15 is 0 Å². The molecule has 0 radical (unpaired) electrons. The summed E-state index contributed by atoms with van der Waals surface area (Å²) in [5, 5.41) is 6.03. The molecule has 1 fully saturated rings. The zero-order valence-electron chi connectivity index (χ0n) is 15.1. The molecular weight excluding hydrogens is 366 g/mol. The quantitative estimate of drug-likeness (QED) is 0.748. The van der Waals surface area contributed by atoms with Crippen LogP contribution in [0.2, 0.25) is 0 Å². The van der Waals surface area contributed by atoms with Gasteiger partial charge in [0.05, 0.1) is 29.9 Å². The van der Waals surface area contributed by atoms with Gasteiger partial charge in [-0.25, -0.2) is 8.42 Å². The Morgan fingerprint density at radius 2 is 2.15 bits per heavy atom. The summed E-state index contributed by atoms with van der Waals surface area (Å²) in [6, 6.07) is 9.27. The monoisotopic (exact) mass is 389 g/mol. The van der Waals surface area contributed by atoms with Crippen LogP contribution >= 0.6 is 0 Å². The van der Waals surface area contributed by atoms with Crippen molar-refractivity contribution in [1.29, 1.82) is 0 Å². The van der Waals surface area contributed by atoms with E-state index in [4.69, 9.17) is 4.74 Å². The average Bonchev–Trinajstić information content (AvgIpc) is 3.00. The lowest BCUT2D eigenvalue weighted by molar-refractivity contribution is 0.0954. The first-order valence-corrected chi connectivity index (χ1v) is 10.6. The van der Waals surface area contributed by atoms with Crippen molar-refractivity contribution in [2.24, 2.45) is 0 Å². The number of amides is 1. The number of hydrogen-bond donors (Lipinski definition) is 2. The maximum atomic E-state index is 12.4. The highest BCUT2D eigenvalue weighted by Crippen LogP contribution is 2.18. The molecule has 1 aliphatic heterocycles. The molecule has 144 valence electrons. The molecule has 7 nitrogen and oxygen atoms in total. The summed E-state index contributed by atoms with van der Waals surface area (Å²) in [6.45, 7) is 0.491. The fraction of sp³-hybridized carbons (Fsp3) is 0.368. The third kappa shape index (κ3) is 5.43. The van der Waals surface area contributed by atoms with Crippen molar-refractivity contribution in [3.8, 4) is 5.75 Å². The van der Waals surface area contributed by atoms with Crippen LogP contribution < -0.4 is 15.4 Å². The lowest BCUT2D eigenvalue weighted by Gasteiger charge is -2.13. The Morgan fingerprint density at radius 3 is 2.89 bits per heavy atom. The van der Waals surface area contributed by atoms with Gasteiger partial charge in [0.25, 0.3) is 5.91 Å². The molecule has 8 heteroatoms. The predicted molar refractivity (Wildman–Crippen MR) is 104 cm³/mol. The number of rotatable bonds is 7. The number of carbonyl (C=O) groups excluding carboxylic acids is 1. The van der Waals surface area contributed by atoms with Gasteiger partial charge in [-0.3, -0.25) is 9.78 Å². The van der Waals surface area contributed by atoms with Crippen molar-refractivity contribution in [3.63, 3.8) is 0 Å². The van der Waals surface area contributed by atoms with E-state index in [1.165, 1.54) is 6.20 Å². The van der Waals surface area contributed by atoms with E-state index in [0.717, 1.165) is 11.3 Å². The molecule has 2 aromatic rings. The van der Waals surface area contributed by atoms with E-state index in [0.29, 0.717) is 30.6 Å². The van der Waals surface area contributed by atoms with E-state index in [1.54, 1.807) is 19.4 Å². The van der Waals surface area contributed by atoms with Gasteiger partial charge in [0.1, 0.15) is 5.75 Å². The van der Waals surface area contributed by atoms with Crippen molar-refractivity contribution < 1.29 is 17.9 Å². The zero-order valence-corrected chi connectivity index (χ0v) is 16.0. The number of pyridine rings is 1. The highest BCUT2D eigenvalue weighted by Gasteiger charge is 2.27. The van der Waals surface area contributed by atoms with Crippen LogP contribution in [0.3, 0.4) is 0 Å². The molecule has 2 N–H and O–H groups in total. The molecule has 1 amide bonds. The maximum absolute atomic E-state index is 12.4. The molecule has 0 aliphatic carbocycles. The molecule has 3 rings (SSSR count). The predicted octanol–water partition coefficient (Wildman–Crippen LogP) is 1.66. The largest absolute Gasteiger partial charge is 0.497 e. The summed E-state index contributed by atoms with van der Waals surface area (Å²) in [7, 11) is -1.34. The van der Waals surface area contributed by atoms with E-state index < -0.39 is 9.84 Å². The van der Waals surface area contributed by atoms with Gasteiger partial charge in [0.2, 0.25) is 0 Å². The van der Waals surface area contributed by atoms with Gasteiger partial charge in [-0.2, -0.15) is 0 Å². The SMILES string of the molecule is COc1cccc(CCNC(=O)c2cncc(NC3CCS(=O)(=O)C3)c2)c1. The second-order valence-corrected chi connectivity index (χ2v) is 8.79. The minimum atomic E-state index is -2.96. The molecule has 1 aromatic heterocycles. The number of aromatic nitrogens is 1. The summed E-state index contributed by atoms with van der Waals surface area (Å²) in [4.78, 5) is 16.4. The standard InChI is InChI=1S/C19H23N3O4S/c1-26-18-4-2-3-14(9-18)5-7-21-19(23)15-10-17(12-20-11-15)22-16-6-8-27(24,25)13-16/h2-4,9-12,16,22H,5-8,13H2,1H3,(H,21,23). The first kappa shape index (κ1) is 19.2. The first-order valence-electron chi connectivity index (χ1n) is 8.78. The Labute approximate surface area is 159 Å². The number of benzene rings is 1. The van der Waals surface area contributed by atoms with E-state index in [2.05, 4.69) is 15.6 Å². The lowest BCUT2D eigenvalue weighted by atomic mass is 10.1. The molecule has 0 saturated carbocycles. The minimum absolute atomic E-state index is 0.115. The number of carbonyl (C=O) groups is 1. The molecule has 1 unspecified atom stereocenters. The Morgan fingerprint density at radius 1 is 1.30 bits per heavy atom. The van der Waals surface area contributed by atoms with Crippen LogP contribution in [-0.2, 0) is 16.3 Å². The number of methoxy groups -OCH3 is 1. The number of hydrogen-bond acceptors (Lipinski definition) is 6. The van der Waals surface area contributed by atoms with Gasteiger partial charge < -0.3 is 15.4 Å². The summed E-state index contributed by atoms with van der Waals surface area (Å²) in [5.41, 5.74) is 2.16. The van der Waals surface area contributed by atoms with Crippen molar-refractivity contribution in [3.05, 3.63) is 53.9 Å². The lowest BCUT2D eigenvalue weighted by Crippen LogP contribution is -2.26. The van der Waals surface area contributed by atoms with Crippen molar-refractivity contribution in [2.45, 2.75) is 18.9 Å². The molecule has 1 saturated heterocycles. The number of ether oxygens (including phenoxy) is 1. The van der Waals surface area contributed by atoms with Crippen LogP contribution in [0.1, 0.15) is 22.3 Å². The third-order valence-corrected chi connectivity index (χ3v) is 6.20. The van der Waals surface area contributed by atoms with Crippen LogP contribution in [0.5, 0.6) is 5.75 Å².